The Labute approximate surface area is 67.8 Å². The molecule has 0 aliphatic rings. The van der Waals surface area contributed by atoms with Crippen LogP contribution in [0.15, 0.2) is 0 Å². The van der Waals surface area contributed by atoms with Gasteiger partial charge in [-0.1, -0.05) is 0 Å². The van der Waals surface area contributed by atoms with E-state index in [-0.39, 0.29) is 10.7 Å². The van der Waals surface area contributed by atoms with E-state index in [9.17, 15) is 4.79 Å². The first-order valence-electron chi connectivity index (χ1n) is 2.64. The van der Waals surface area contributed by atoms with Crippen molar-refractivity contribution in [2.24, 2.45) is 5.73 Å². The van der Waals surface area contributed by atoms with Gasteiger partial charge in [0.2, 0.25) is 0 Å². The molecule has 0 rings (SSSR count). The van der Waals surface area contributed by atoms with Crippen LogP contribution in [0.25, 0.3) is 0 Å². The average molecular weight is 211 g/mol. The van der Waals surface area contributed by atoms with Crippen molar-refractivity contribution < 1.29 is 4.79 Å². The van der Waals surface area contributed by atoms with Gasteiger partial charge in [0.15, 0.2) is 0 Å². The maximum absolute atomic E-state index is 10.5. The molecule has 0 aromatic heterocycles. The number of thioether (sulfide) groups is 1. The molecule has 1 radical (unpaired) electrons. The van der Waals surface area contributed by atoms with Crippen LogP contribution < -0.4 is 5.73 Å². The van der Waals surface area contributed by atoms with Crippen LogP contribution in [0.2, 0.25) is 0 Å². The van der Waals surface area contributed by atoms with E-state index in [1.165, 1.54) is 0 Å². The van der Waals surface area contributed by atoms with Gasteiger partial charge in [-0.3, -0.25) is 0 Å². The molecule has 4 heteroatoms. The van der Waals surface area contributed by atoms with Crippen LogP contribution in [0.5, 0.6) is 0 Å². The number of rotatable bonds is 4. The minimum absolute atomic E-state index is 0.0379. The van der Waals surface area contributed by atoms with E-state index < -0.39 is 0 Å². The molecule has 0 bridgehead atoms. The van der Waals surface area contributed by atoms with Gasteiger partial charge in [0.1, 0.15) is 0 Å². The number of carbonyl (C=O) groups excluding carboxylic acids is 1. The Morgan fingerprint density at radius 1 is 1.89 bits per heavy atom. The molecule has 0 saturated carbocycles. The summed E-state index contributed by atoms with van der Waals surface area (Å²) < 4.78 is -0.0379. The SMILES string of the molecule is CSCC[C@H](N)C(=O)[Se]. The van der Waals surface area contributed by atoms with Crippen molar-refractivity contribution in [3.8, 4) is 0 Å². The quantitative estimate of drug-likeness (QED) is 0.653. The topological polar surface area (TPSA) is 43.1 Å². The third kappa shape index (κ3) is 4.97. The zero-order valence-electron chi connectivity index (χ0n) is 5.29. The van der Waals surface area contributed by atoms with Gasteiger partial charge in [-0.25, -0.2) is 0 Å². The van der Waals surface area contributed by atoms with Crippen molar-refractivity contribution >= 4 is 32.5 Å². The molecule has 0 fully saturated rings. The Hall–Kier alpha value is 0.499. The molecule has 0 spiro atoms. The van der Waals surface area contributed by atoms with E-state index in [0.717, 1.165) is 12.2 Å². The standard InChI is InChI=1S/C5H10NOSSe/c1-8-3-2-4(6)5(7)9/h4H,2-3,6H2,1H3/t4-/m0/s1. The fraction of sp³-hybridized carbons (Fsp3) is 0.800. The van der Waals surface area contributed by atoms with Crippen LogP contribution in [-0.2, 0) is 4.79 Å². The molecule has 0 saturated heterocycles. The maximum atomic E-state index is 10.5. The third-order valence-corrected chi connectivity index (χ3v) is 2.21. The van der Waals surface area contributed by atoms with Gasteiger partial charge in [-0.15, -0.1) is 0 Å². The van der Waals surface area contributed by atoms with Crippen LogP contribution >= 0.6 is 11.8 Å². The predicted octanol–water partition coefficient (Wildman–Crippen LogP) is -0.238. The second-order valence-corrected chi connectivity index (χ2v) is 3.54. The number of nitrogens with two attached hydrogens (primary N) is 1. The third-order valence-electron chi connectivity index (χ3n) is 0.936. The molecule has 2 nitrogen and oxygen atoms in total. The van der Waals surface area contributed by atoms with Gasteiger partial charge in [0, 0.05) is 0 Å². The molecule has 53 valence electrons. The summed E-state index contributed by atoms with van der Waals surface area (Å²) in [4.78, 5) is 10.5. The first-order chi connectivity index (χ1) is 4.18. The summed E-state index contributed by atoms with van der Waals surface area (Å²) in [6, 6.07) is -0.294. The molecule has 0 amide bonds. The Kier molecular flexibility index (Phi) is 5.59. The zero-order chi connectivity index (χ0) is 7.28. The van der Waals surface area contributed by atoms with Crippen molar-refractivity contribution in [1.82, 2.24) is 0 Å². The van der Waals surface area contributed by atoms with Gasteiger partial charge in [0.25, 0.3) is 0 Å². The number of hydrogen-bond donors (Lipinski definition) is 1. The van der Waals surface area contributed by atoms with Gasteiger partial charge in [-0.2, -0.15) is 0 Å². The normalized spacial score (nSPS) is 13.1. The van der Waals surface area contributed by atoms with Crippen LogP contribution in [0.4, 0.5) is 0 Å². The van der Waals surface area contributed by atoms with Crippen LogP contribution in [0, 0.1) is 0 Å². The molecule has 0 heterocycles. The summed E-state index contributed by atoms with van der Waals surface area (Å²) in [5.41, 5.74) is 5.41. The molecular weight excluding hydrogens is 201 g/mol. The summed E-state index contributed by atoms with van der Waals surface area (Å²) in [5.74, 6) is 0.953. The van der Waals surface area contributed by atoms with E-state index in [1.807, 2.05) is 6.26 Å². The molecule has 0 aliphatic heterocycles. The summed E-state index contributed by atoms with van der Waals surface area (Å²) in [6.07, 6.45) is 2.77. The second kappa shape index (κ2) is 5.30. The molecular formula is C5H10NOSSe. The summed E-state index contributed by atoms with van der Waals surface area (Å²) in [6.45, 7) is 0. The molecule has 0 aromatic rings. The van der Waals surface area contributed by atoms with Crippen molar-refractivity contribution in [2.45, 2.75) is 12.5 Å². The Bertz CT molecular complexity index is 99.0. The van der Waals surface area contributed by atoms with E-state index in [0.29, 0.717) is 0 Å². The van der Waals surface area contributed by atoms with Crippen LogP contribution in [-0.4, -0.2) is 38.7 Å². The molecule has 1 atom stereocenters. The second-order valence-electron chi connectivity index (χ2n) is 1.71. The van der Waals surface area contributed by atoms with Crippen LogP contribution in [0.3, 0.4) is 0 Å². The predicted molar refractivity (Wildman–Crippen MR) is 41.7 cm³/mol. The van der Waals surface area contributed by atoms with Crippen molar-refractivity contribution in [3.05, 3.63) is 0 Å². The zero-order valence-corrected chi connectivity index (χ0v) is 7.82. The molecule has 0 unspecified atom stereocenters. The van der Waals surface area contributed by atoms with Crippen LogP contribution in [0.1, 0.15) is 6.42 Å². The Balaban J connectivity index is 3.27. The molecule has 0 aliphatic carbocycles. The van der Waals surface area contributed by atoms with Gasteiger partial charge >= 0.3 is 67.5 Å². The van der Waals surface area contributed by atoms with Crippen molar-refractivity contribution in [2.75, 3.05) is 12.0 Å². The first-order valence-corrected chi connectivity index (χ1v) is 4.89. The van der Waals surface area contributed by atoms with E-state index in [4.69, 9.17) is 5.73 Å². The average Bonchev–Trinajstić information content (AvgIpc) is 1.82. The van der Waals surface area contributed by atoms with Crippen molar-refractivity contribution in [3.63, 3.8) is 0 Å². The van der Waals surface area contributed by atoms with Gasteiger partial charge in [0.05, 0.1) is 0 Å². The van der Waals surface area contributed by atoms with Gasteiger partial charge in [-0.05, 0) is 0 Å². The Morgan fingerprint density at radius 3 is 2.78 bits per heavy atom. The van der Waals surface area contributed by atoms with Gasteiger partial charge < -0.3 is 0 Å². The minimum atomic E-state index is -0.294. The summed E-state index contributed by atoms with van der Waals surface area (Å²) in [7, 11) is 0. The molecule has 9 heavy (non-hydrogen) atoms. The molecule has 0 aromatic carbocycles. The molecule has 2 N–H and O–H groups in total. The summed E-state index contributed by atoms with van der Waals surface area (Å²) in [5, 5.41) is 0. The van der Waals surface area contributed by atoms with Crippen molar-refractivity contribution in [1.29, 1.82) is 0 Å². The fourth-order valence-corrected chi connectivity index (χ4v) is 1.10. The van der Waals surface area contributed by atoms with E-state index in [1.54, 1.807) is 11.8 Å². The number of hydrogen-bond acceptors (Lipinski definition) is 3. The summed E-state index contributed by atoms with van der Waals surface area (Å²) >= 11 is 4.08. The first kappa shape index (κ1) is 9.50. The monoisotopic (exact) mass is 212 g/mol. The van der Waals surface area contributed by atoms with E-state index in [2.05, 4.69) is 16.0 Å². The number of carbonyl (C=O) groups is 1. The fourth-order valence-electron chi connectivity index (χ4n) is 0.363. The Morgan fingerprint density at radius 2 is 2.44 bits per heavy atom. The van der Waals surface area contributed by atoms with E-state index >= 15 is 0 Å².